The molecule has 1 heterocycles. The largest absolute Gasteiger partial charge is 0.279 e. The molecule has 1 N–H and O–H groups in total. The second-order valence-electron chi connectivity index (χ2n) is 3.70. The Labute approximate surface area is 115 Å². The molecule has 0 fully saturated rings. The van der Waals surface area contributed by atoms with Crippen molar-refractivity contribution in [1.29, 1.82) is 0 Å². The topological polar surface area (TPSA) is 28.7 Å². The summed E-state index contributed by atoms with van der Waals surface area (Å²) in [4.78, 5) is 0. The van der Waals surface area contributed by atoms with Gasteiger partial charge in [-0.2, -0.15) is 5.10 Å². The number of rotatable bonds is 3. The second-order valence-corrected chi connectivity index (χ2v) is 5.59. The maximum absolute atomic E-state index is 6.25. The molecule has 90 valence electrons. The molecular weight excluding hydrogens is 279 g/mol. The van der Waals surface area contributed by atoms with Gasteiger partial charge in [-0.05, 0) is 12.5 Å². The van der Waals surface area contributed by atoms with Gasteiger partial charge in [0, 0.05) is 16.1 Å². The van der Waals surface area contributed by atoms with Gasteiger partial charge in [0.05, 0.1) is 11.9 Å². The molecule has 0 unspecified atom stereocenters. The zero-order valence-corrected chi connectivity index (χ0v) is 11.4. The number of aromatic amines is 1. The number of aromatic nitrogens is 2. The molecule has 0 radical (unpaired) electrons. The molecule has 0 amide bonds. The minimum absolute atomic E-state index is 0.579. The van der Waals surface area contributed by atoms with Gasteiger partial charge >= 0.3 is 0 Å². The van der Waals surface area contributed by atoms with E-state index in [0.717, 1.165) is 11.1 Å². The summed E-state index contributed by atoms with van der Waals surface area (Å²) < 4.78 is -0.981. The van der Waals surface area contributed by atoms with E-state index < -0.39 is 4.33 Å². The summed E-state index contributed by atoms with van der Waals surface area (Å²) >= 11 is 18.6. The van der Waals surface area contributed by atoms with Crippen LogP contribution >= 0.6 is 34.8 Å². The summed E-state index contributed by atoms with van der Waals surface area (Å²) in [5.74, 6) is 0. The second kappa shape index (κ2) is 4.89. The number of nitrogens with one attached hydrogen (secondary N) is 1. The number of H-pyrrole nitrogens is 1. The van der Waals surface area contributed by atoms with Gasteiger partial charge in [-0.15, -0.1) is 0 Å². The molecule has 5 heteroatoms. The number of alkyl halides is 2. The molecule has 0 aliphatic heterocycles. The summed E-state index contributed by atoms with van der Waals surface area (Å²) in [6.45, 7) is 1.91. The van der Waals surface area contributed by atoms with Crippen molar-refractivity contribution >= 4 is 34.8 Å². The summed E-state index contributed by atoms with van der Waals surface area (Å²) in [5.41, 5.74) is 2.39. The molecule has 1 aromatic carbocycles. The molecule has 1 aromatic heterocycles. The van der Waals surface area contributed by atoms with E-state index in [-0.39, 0.29) is 0 Å². The Morgan fingerprint density at radius 1 is 1.24 bits per heavy atom. The summed E-state index contributed by atoms with van der Waals surface area (Å²) in [6.07, 6.45) is 2.27. The maximum Gasteiger partial charge on any atom is 0.159 e. The quantitative estimate of drug-likeness (QED) is 0.810. The van der Waals surface area contributed by atoms with Crippen LogP contribution in [0.2, 0.25) is 5.02 Å². The van der Waals surface area contributed by atoms with Gasteiger partial charge in [0.1, 0.15) is 0 Å². The van der Waals surface area contributed by atoms with E-state index >= 15 is 0 Å². The average molecular weight is 290 g/mol. The Hall–Kier alpha value is -0.700. The average Bonchev–Trinajstić information content (AvgIpc) is 2.79. The Bertz CT molecular complexity index is 520. The minimum Gasteiger partial charge on any atom is -0.279 e. The van der Waals surface area contributed by atoms with Crippen molar-refractivity contribution < 1.29 is 0 Å². The van der Waals surface area contributed by atoms with Crippen LogP contribution in [0.1, 0.15) is 19.0 Å². The van der Waals surface area contributed by atoms with Crippen LogP contribution in [-0.2, 0) is 4.33 Å². The van der Waals surface area contributed by atoms with Crippen molar-refractivity contribution in [3.63, 3.8) is 0 Å². The molecule has 0 atom stereocenters. The van der Waals surface area contributed by atoms with Gasteiger partial charge in [-0.3, -0.25) is 5.10 Å². The van der Waals surface area contributed by atoms with Crippen LogP contribution < -0.4 is 0 Å². The van der Waals surface area contributed by atoms with Crippen LogP contribution in [0.3, 0.4) is 0 Å². The maximum atomic E-state index is 6.25. The molecule has 0 aliphatic carbocycles. The fraction of sp³-hybridized carbons (Fsp3) is 0.250. The predicted octanol–water partition coefficient (Wildman–Crippen LogP) is 4.77. The van der Waals surface area contributed by atoms with Crippen LogP contribution in [0.4, 0.5) is 0 Å². The molecule has 2 nitrogen and oxygen atoms in total. The van der Waals surface area contributed by atoms with E-state index in [2.05, 4.69) is 10.2 Å². The van der Waals surface area contributed by atoms with Gasteiger partial charge in [0.15, 0.2) is 4.33 Å². The van der Waals surface area contributed by atoms with E-state index in [0.29, 0.717) is 17.1 Å². The number of halogens is 3. The number of hydrogen-bond acceptors (Lipinski definition) is 1. The minimum atomic E-state index is -0.981. The monoisotopic (exact) mass is 288 g/mol. The van der Waals surface area contributed by atoms with Crippen molar-refractivity contribution in [2.75, 3.05) is 0 Å². The first-order valence-corrected chi connectivity index (χ1v) is 6.36. The zero-order valence-electron chi connectivity index (χ0n) is 9.17. The molecule has 0 saturated carbocycles. The van der Waals surface area contributed by atoms with Gasteiger partial charge in [-0.1, -0.05) is 59.9 Å². The van der Waals surface area contributed by atoms with Crippen LogP contribution in [-0.4, -0.2) is 10.2 Å². The van der Waals surface area contributed by atoms with Crippen molar-refractivity contribution in [2.24, 2.45) is 0 Å². The van der Waals surface area contributed by atoms with E-state index in [1.807, 2.05) is 31.2 Å². The zero-order chi connectivity index (χ0) is 12.5. The lowest BCUT2D eigenvalue weighted by Gasteiger charge is -2.17. The van der Waals surface area contributed by atoms with Crippen molar-refractivity contribution in [1.82, 2.24) is 10.2 Å². The first kappa shape index (κ1) is 12.7. The summed E-state index contributed by atoms with van der Waals surface area (Å²) in [6, 6.07) is 7.52. The Kier molecular flexibility index (Phi) is 3.67. The third kappa shape index (κ3) is 2.44. The molecule has 2 aromatic rings. The highest BCUT2D eigenvalue weighted by Crippen LogP contribution is 2.42. The summed E-state index contributed by atoms with van der Waals surface area (Å²) in [7, 11) is 0. The van der Waals surface area contributed by atoms with E-state index in [1.165, 1.54) is 0 Å². The highest BCUT2D eigenvalue weighted by atomic mass is 35.5. The van der Waals surface area contributed by atoms with Gasteiger partial charge in [-0.25, -0.2) is 0 Å². The Balaban J connectivity index is 2.56. The molecule has 2 rings (SSSR count). The highest BCUT2D eigenvalue weighted by molar-refractivity contribution is 6.48. The standard InChI is InChI=1S/C12H11Cl3N2/c1-2-12(14,15)11-9(7-16-17-11)8-5-3-4-6-10(8)13/h3-7H,2H2,1H3,(H,16,17). The van der Waals surface area contributed by atoms with E-state index in [9.17, 15) is 0 Å². The smallest absolute Gasteiger partial charge is 0.159 e. The van der Waals surface area contributed by atoms with Crippen LogP contribution in [0.5, 0.6) is 0 Å². The molecule has 0 bridgehead atoms. The van der Waals surface area contributed by atoms with E-state index in [4.69, 9.17) is 34.8 Å². The number of nitrogens with zero attached hydrogens (tertiary/aromatic N) is 1. The highest BCUT2D eigenvalue weighted by Gasteiger charge is 2.30. The third-order valence-electron chi connectivity index (χ3n) is 2.61. The SMILES string of the molecule is CCC(Cl)(Cl)c1[nH]ncc1-c1ccccc1Cl. The molecule has 0 aliphatic rings. The van der Waals surface area contributed by atoms with Crippen LogP contribution in [0.15, 0.2) is 30.5 Å². The summed E-state index contributed by atoms with van der Waals surface area (Å²) in [5, 5.41) is 7.50. The molecule has 0 saturated heterocycles. The Morgan fingerprint density at radius 3 is 2.59 bits per heavy atom. The van der Waals surface area contributed by atoms with Gasteiger partial charge in [0.25, 0.3) is 0 Å². The predicted molar refractivity (Wildman–Crippen MR) is 72.7 cm³/mol. The number of hydrogen-bond donors (Lipinski definition) is 1. The molecule has 0 spiro atoms. The first-order chi connectivity index (χ1) is 8.06. The molecular formula is C12H11Cl3N2. The van der Waals surface area contributed by atoms with Crippen molar-refractivity contribution in [2.45, 2.75) is 17.7 Å². The van der Waals surface area contributed by atoms with E-state index in [1.54, 1.807) is 6.20 Å². The fourth-order valence-corrected chi connectivity index (χ4v) is 2.15. The fourth-order valence-electron chi connectivity index (χ4n) is 1.63. The van der Waals surface area contributed by atoms with Gasteiger partial charge in [0.2, 0.25) is 0 Å². The van der Waals surface area contributed by atoms with Gasteiger partial charge < -0.3 is 0 Å². The normalized spacial score (nSPS) is 11.8. The molecule has 17 heavy (non-hydrogen) atoms. The lowest BCUT2D eigenvalue weighted by molar-refractivity contribution is 0.767. The lowest BCUT2D eigenvalue weighted by Crippen LogP contribution is -2.10. The van der Waals surface area contributed by atoms with Crippen LogP contribution in [0.25, 0.3) is 11.1 Å². The van der Waals surface area contributed by atoms with Crippen molar-refractivity contribution in [3.8, 4) is 11.1 Å². The third-order valence-corrected chi connectivity index (χ3v) is 3.86. The lowest BCUT2D eigenvalue weighted by atomic mass is 10.0. The Morgan fingerprint density at radius 2 is 1.94 bits per heavy atom. The first-order valence-electron chi connectivity index (χ1n) is 5.23. The van der Waals surface area contributed by atoms with Crippen LogP contribution in [0, 0.1) is 0 Å². The number of benzene rings is 1. The van der Waals surface area contributed by atoms with Crippen molar-refractivity contribution in [3.05, 3.63) is 41.2 Å².